The second-order valence-electron chi connectivity index (χ2n) is 6.40. The fourth-order valence-electron chi connectivity index (χ4n) is 1.97. The van der Waals surface area contributed by atoms with Crippen LogP contribution in [0.5, 0.6) is 0 Å². The van der Waals surface area contributed by atoms with Crippen molar-refractivity contribution in [2.75, 3.05) is 10.6 Å². The summed E-state index contributed by atoms with van der Waals surface area (Å²) in [7, 11) is 0. The number of hydrogen-bond acceptors (Lipinski definition) is 5. The third kappa shape index (κ3) is 5.49. The second-order valence-corrected chi connectivity index (χ2v) is 6.40. The van der Waals surface area contributed by atoms with Gasteiger partial charge in [0, 0.05) is 18.4 Å². The molecule has 2 aromatic rings. The van der Waals surface area contributed by atoms with Gasteiger partial charge in [0.1, 0.15) is 11.4 Å². The maximum absolute atomic E-state index is 12.6. The van der Waals surface area contributed by atoms with Crippen LogP contribution in [-0.2, 0) is 11.3 Å². The number of nitrogen functional groups attached to an aromatic ring is 1. The molecule has 1 aromatic carbocycles. The fourth-order valence-corrected chi connectivity index (χ4v) is 1.97. The average Bonchev–Trinajstić information content (AvgIpc) is 2.54. The lowest BCUT2D eigenvalue weighted by atomic mass is 10.2. The van der Waals surface area contributed by atoms with E-state index in [-0.39, 0.29) is 12.4 Å². The number of amides is 3. The number of imide groups is 1. The number of nitrogens with one attached hydrogen (secondary N) is 1. The number of pyridine rings is 1. The Labute approximate surface area is 146 Å². The molecule has 132 valence electrons. The highest BCUT2D eigenvalue weighted by Crippen LogP contribution is 2.16. The Kier molecular flexibility index (Phi) is 5.59. The van der Waals surface area contributed by atoms with Crippen LogP contribution in [0.4, 0.5) is 21.1 Å². The normalized spacial score (nSPS) is 10.8. The summed E-state index contributed by atoms with van der Waals surface area (Å²) in [6, 6.07) is 11.4. The van der Waals surface area contributed by atoms with Gasteiger partial charge in [0.25, 0.3) is 0 Å². The minimum absolute atomic E-state index is 0.187. The van der Waals surface area contributed by atoms with Crippen molar-refractivity contribution in [3.63, 3.8) is 0 Å². The van der Waals surface area contributed by atoms with Crippen LogP contribution in [-0.4, -0.2) is 22.7 Å². The SMILES string of the molecule is CC(C)(C)OC(=O)N(C(=O)NCc1ccc(N)cc1)c1ccccn1. The van der Waals surface area contributed by atoms with Gasteiger partial charge >= 0.3 is 12.1 Å². The van der Waals surface area contributed by atoms with Crippen LogP contribution in [0.15, 0.2) is 48.7 Å². The number of hydrogen-bond donors (Lipinski definition) is 2. The minimum atomic E-state index is -0.791. The molecule has 0 aliphatic carbocycles. The Balaban J connectivity index is 2.15. The second kappa shape index (κ2) is 7.65. The largest absolute Gasteiger partial charge is 0.443 e. The molecule has 0 unspecified atom stereocenters. The molecule has 0 saturated carbocycles. The molecular weight excluding hydrogens is 320 g/mol. The van der Waals surface area contributed by atoms with E-state index < -0.39 is 17.7 Å². The Morgan fingerprint density at radius 1 is 1.16 bits per heavy atom. The number of carbonyl (C=O) groups is 2. The number of carbonyl (C=O) groups excluding carboxylic acids is 2. The van der Waals surface area contributed by atoms with Crippen molar-refractivity contribution in [3.05, 3.63) is 54.2 Å². The average molecular weight is 342 g/mol. The zero-order valence-electron chi connectivity index (χ0n) is 14.5. The molecule has 1 heterocycles. The number of anilines is 2. The van der Waals surface area contributed by atoms with Gasteiger partial charge in [-0.1, -0.05) is 18.2 Å². The van der Waals surface area contributed by atoms with Gasteiger partial charge in [0.15, 0.2) is 0 Å². The predicted molar refractivity (Wildman–Crippen MR) is 96.0 cm³/mol. The van der Waals surface area contributed by atoms with E-state index in [4.69, 9.17) is 10.5 Å². The Morgan fingerprint density at radius 2 is 1.84 bits per heavy atom. The molecule has 0 fully saturated rings. The number of nitrogens with two attached hydrogens (primary N) is 1. The fraction of sp³-hybridized carbons (Fsp3) is 0.278. The number of benzene rings is 1. The van der Waals surface area contributed by atoms with Crippen LogP contribution in [0, 0.1) is 0 Å². The third-order valence-electron chi connectivity index (χ3n) is 3.08. The first kappa shape index (κ1) is 18.3. The van der Waals surface area contributed by atoms with Gasteiger partial charge in [-0.3, -0.25) is 0 Å². The molecule has 1 aromatic heterocycles. The highest BCUT2D eigenvalue weighted by atomic mass is 16.6. The van der Waals surface area contributed by atoms with E-state index in [1.807, 2.05) is 0 Å². The van der Waals surface area contributed by atoms with Crippen LogP contribution in [0.3, 0.4) is 0 Å². The molecule has 0 spiro atoms. The molecule has 25 heavy (non-hydrogen) atoms. The summed E-state index contributed by atoms with van der Waals surface area (Å²) in [5, 5.41) is 2.69. The van der Waals surface area contributed by atoms with Crippen molar-refractivity contribution in [2.24, 2.45) is 0 Å². The molecule has 3 N–H and O–H groups in total. The van der Waals surface area contributed by atoms with Gasteiger partial charge in [-0.15, -0.1) is 0 Å². The summed E-state index contributed by atoms with van der Waals surface area (Å²) in [5.74, 6) is 0.187. The van der Waals surface area contributed by atoms with Crippen LogP contribution >= 0.6 is 0 Å². The lowest BCUT2D eigenvalue weighted by Gasteiger charge is -2.25. The van der Waals surface area contributed by atoms with Crippen molar-refractivity contribution in [1.82, 2.24) is 10.3 Å². The maximum Gasteiger partial charge on any atom is 0.424 e. The van der Waals surface area contributed by atoms with Gasteiger partial charge in [0.2, 0.25) is 0 Å². The highest BCUT2D eigenvalue weighted by molar-refractivity contribution is 6.10. The van der Waals surface area contributed by atoms with Crippen molar-refractivity contribution in [2.45, 2.75) is 32.9 Å². The number of urea groups is 1. The molecule has 3 amide bonds. The highest BCUT2D eigenvalue weighted by Gasteiger charge is 2.29. The first-order valence-electron chi connectivity index (χ1n) is 7.82. The molecule has 0 aliphatic heterocycles. The quantitative estimate of drug-likeness (QED) is 0.834. The van der Waals surface area contributed by atoms with Crippen LogP contribution in [0.2, 0.25) is 0 Å². The minimum Gasteiger partial charge on any atom is -0.443 e. The molecule has 7 heteroatoms. The molecular formula is C18H22N4O3. The van der Waals surface area contributed by atoms with Crippen LogP contribution in [0.25, 0.3) is 0 Å². The Bertz CT molecular complexity index is 724. The number of rotatable bonds is 3. The van der Waals surface area contributed by atoms with Gasteiger partial charge < -0.3 is 15.8 Å². The summed E-state index contributed by atoms with van der Waals surface area (Å²) in [6.45, 7) is 5.43. The van der Waals surface area contributed by atoms with Crippen LogP contribution in [0.1, 0.15) is 26.3 Å². The van der Waals surface area contributed by atoms with Crippen molar-refractivity contribution in [3.8, 4) is 0 Å². The summed E-state index contributed by atoms with van der Waals surface area (Å²) in [6.07, 6.45) is 0.709. The van der Waals surface area contributed by atoms with E-state index in [2.05, 4.69) is 10.3 Å². The summed E-state index contributed by atoms with van der Waals surface area (Å²) in [5.41, 5.74) is 6.40. The number of aromatic nitrogens is 1. The molecule has 2 rings (SSSR count). The molecule has 0 atom stereocenters. The van der Waals surface area contributed by atoms with Crippen molar-refractivity contribution in [1.29, 1.82) is 0 Å². The Morgan fingerprint density at radius 3 is 2.40 bits per heavy atom. The van der Waals surface area contributed by atoms with E-state index in [1.165, 1.54) is 6.20 Å². The first-order valence-corrected chi connectivity index (χ1v) is 7.82. The smallest absolute Gasteiger partial charge is 0.424 e. The van der Waals surface area contributed by atoms with E-state index in [0.717, 1.165) is 10.5 Å². The molecule has 0 aliphatic rings. The van der Waals surface area contributed by atoms with Gasteiger partial charge in [-0.05, 0) is 50.6 Å². The van der Waals surface area contributed by atoms with Gasteiger partial charge in [-0.2, -0.15) is 4.90 Å². The molecule has 0 bridgehead atoms. The standard InChI is InChI=1S/C18H22N4O3/c1-18(2,3)25-17(24)22(15-6-4-5-11-20-15)16(23)21-12-13-7-9-14(19)10-8-13/h4-11H,12,19H2,1-3H3,(H,21,23). The number of nitrogens with zero attached hydrogens (tertiary/aromatic N) is 2. The zero-order chi connectivity index (χ0) is 18.4. The molecule has 7 nitrogen and oxygen atoms in total. The first-order chi connectivity index (χ1) is 11.8. The van der Waals surface area contributed by atoms with Gasteiger partial charge in [0.05, 0.1) is 0 Å². The van der Waals surface area contributed by atoms with E-state index in [0.29, 0.717) is 5.69 Å². The summed E-state index contributed by atoms with van der Waals surface area (Å²) >= 11 is 0. The van der Waals surface area contributed by atoms with Crippen molar-refractivity contribution >= 4 is 23.6 Å². The number of ether oxygens (including phenoxy) is 1. The maximum atomic E-state index is 12.6. The lowest BCUT2D eigenvalue weighted by Crippen LogP contribution is -2.46. The lowest BCUT2D eigenvalue weighted by molar-refractivity contribution is 0.0592. The Hall–Kier alpha value is -3.09. The monoisotopic (exact) mass is 342 g/mol. The van der Waals surface area contributed by atoms with E-state index in [9.17, 15) is 9.59 Å². The molecule has 0 saturated heterocycles. The van der Waals surface area contributed by atoms with E-state index in [1.54, 1.807) is 63.2 Å². The van der Waals surface area contributed by atoms with Gasteiger partial charge in [-0.25, -0.2) is 14.6 Å². The van der Waals surface area contributed by atoms with E-state index >= 15 is 0 Å². The molecule has 0 radical (unpaired) electrons. The predicted octanol–water partition coefficient (Wildman–Crippen LogP) is 3.32. The summed E-state index contributed by atoms with van der Waals surface area (Å²) < 4.78 is 5.31. The third-order valence-corrected chi connectivity index (χ3v) is 3.08. The summed E-state index contributed by atoms with van der Waals surface area (Å²) in [4.78, 5) is 29.9. The zero-order valence-corrected chi connectivity index (χ0v) is 14.5. The topological polar surface area (TPSA) is 97.5 Å². The van der Waals surface area contributed by atoms with Crippen molar-refractivity contribution < 1.29 is 14.3 Å². The van der Waals surface area contributed by atoms with Crippen LogP contribution < -0.4 is 16.0 Å².